The predicted molar refractivity (Wildman–Crippen MR) is 71.2 cm³/mol. The lowest BCUT2D eigenvalue weighted by atomic mass is 10.1. The van der Waals surface area contributed by atoms with Crippen molar-refractivity contribution in [1.82, 2.24) is 15.1 Å². The fourth-order valence-electron chi connectivity index (χ4n) is 2.46. The SMILES string of the molecule is CCNC(CC)c1cnn(C2CCS(=O)(=O)C2)c1. The summed E-state index contributed by atoms with van der Waals surface area (Å²) in [5.74, 6) is 0.517. The summed E-state index contributed by atoms with van der Waals surface area (Å²) < 4.78 is 24.7. The Labute approximate surface area is 108 Å². The van der Waals surface area contributed by atoms with Gasteiger partial charge in [0.05, 0.1) is 23.7 Å². The first-order valence-corrected chi connectivity index (χ1v) is 8.35. The topological polar surface area (TPSA) is 64.0 Å². The average Bonchev–Trinajstić information content (AvgIpc) is 2.92. The summed E-state index contributed by atoms with van der Waals surface area (Å²) in [7, 11) is -2.85. The second-order valence-corrected chi connectivity index (χ2v) is 7.06. The molecule has 2 rings (SSSR count). The molecule has 1 aliphatic rings. The van der Waals surface area contributed by atoms with Gasteiger partial charge in [-0.05, 0) is 19.4 Å². The Balaban J connectivity index is 2.11. The van der Waals surface area contributed by atoms with Gasteiger partial charge in [-0.2, -0.15) is 5.10 Å². The molecule has 0 radical (unpaired) electrons. The minimum absolute atomic E-state index is 0.0166. The van der Waals surface area contributed by atoms with Crippen molar-refractivity contribution in [3.05, 3.63) is 18.0 Å². The van der Waals surface area contributed by atoms with Crippen molar-refractivity contribution < 1.29 is 8.42 Å². The molecule has 102 valence electrons. The van der Waals surface area contributed by atoms with Crippen molar-refractivity contribution in [2.45, 2.75) is 38.8 Å². The van der Waals surface area contributed by atoms with Crippen molar-refractivity contribution in [2.75, 3.05) is 18.1 Å². The molecule has 2 unspecified atom stereocenters. The van der Waals surface area contributed by atoms with Gasteiger partial charge in [0.25, 0.3) is 0 Å². The Bertz CT molecular complexity index is 495. The lowest BCUT2D eigenvalue weighted by Crippen LogP contribution is -2.19. The fraction of sp³-hybridized carbons (Fsp3) is 0.750. The largest absolute Gasteiger partial charge is 0.310 e. The first kappa shape index (κ1) is 13.5. The number of hydrogen-bond donors (Lipinski definition) is 1. The average molecular weight is 271 g/mol. The minimum Gasteiger partial charge on any atom is -0.310 e. The van der Waals surface area contributed by atoms with Gasteiger partial charge in [-0.25, -0.2) is 8.42 Å². The highest BCUT2D eigenvalue weighted by molar-refractivity contribution is 7.91. The molecule has 1 aliphatic heterocycles. The number of nitrogens with one attached hydrogen (secondary N) is 1. The number of aromatic nitrogens is 2. The molecule has 0 amide bonds. The summed E-state index contributed by atoms with van der Waals surface area (Å²) in [4.78, 5) is 0. The molecule has 1 saturated heterocycles. The monoisotopic (exact) mass is 271 g/mol. The van der Waals surface area contributed by atoms with Gasteiger partial charge in [0.2, 0.25) is 0 Å². The first-order valence-electron chi connectivity index (χ1n) is 6.53. The number of rotatable bonds is 5. The molecule has 1 fully saturated rings. The van der Waals surface area contributed by atoms with E-state index in [-0.39, 0.29) is 17.5 Å². The summed E-state index contributed by atoms with van der Waals surface area (Å²) in [5, 5.41) is 7.72. The van der Waals surface area contributed by atoms with Crippen LogP contribution in [0.2, 0.25) is 0 Å². The van der Waals surface area contributed by atoms with E-state index in [0.29, 0.717) is 12.5 Å². The minimum atomic E-state index is -2.85. The van der Waals surface area contributed by atoms with Crippen molar-refractivity contribution in [3.63, 3.8) is 0 Å². The highest BCUT2D eigenvalue weighted by Crippen LogP contribution is 2.24. The summed E-state index contributed by atoms with van der Waals surface area (Å²) in [6.07, 6.45) is 5.52. The van der Waals surface area contributed by atoms with E-state index in [1.165, 1.54) is 0 Å². The maximum absolute atomic E-state index is 11.5. The fourth-order valence-corrected chi connectivity index (χ4v) is 4.16. The third-order valence-electron chi connectivity index (χ3n) is 3.47. The first-order chi connectivity index (χ1) is 8.55. The predicted octanol–water partition coefficient (Wildman–Crippen LogP) is 1.30. The van der Waals surface area contributed by atoms with Crippen molar-refractivity contribution >= 4 is 9.84 Å². The second-order valence-electron chi connectivity index (χ2n) is 4.83. The molecule has 6 heteroatoms. The van der Waals surface area contributed by atoms with Crippen LogP contribution in [0.4, 0.5) is 0 Å². The maximum Gasteiger partial charge on any atom is 0.152 e. The highest BCUT2D eigenvalue weighted by Gasteiger charge is 2.29. The van der Waals surface area contributed by atoms with Gasteiger partial charge in [-0.15, -0.1) is 0 Å². The van der Waals surface area contributed by atoms with Gasteiger partial charge in [-0.3, -0.25) is 4.68 Å². The van der Waals surface area contributed by atoms with Crippen LogP contribution in [0.3, 0.4) is 0 Å². The van der Waals surface area contributed by atoms with Gasteiger partial charge in [-0.1, -0.05) is 13.8 Å². The zero-order valence-electron chi connectivity index (χ0n) is 11.0. The third kappa shape index (κ3) is 2.92. The van der Waals surface area contributed by atoms with Crippen molar-refractivity contribution in [3.8, 4) is 0 Å². The standard InChI is InChI=1S/C12H21N3O2S/c1-3-12(13-4-2)10-7-14-15(8-10)11-5-6-18(16,17)9-11/h7-8,11-13H,3-6,9H2,1-2H3. The van der Waals surface area contributed by atoms with E-state index in [9.17, 15) is 8.42 Å². The Morgan fingerprint density at radius 3 is 2.89 bits per heavy atom. The number of hydrogen-bond acceptors (Lipinski definition) is 4. The molecule has 0 bridgehead atoms. The Kier molecular flexibility index (Phi) is 4.07. The number of nitrogens with zero attached hydrogens (tertiary/aromatic N) is 2. The molecule has 2 atom stereocenters. The molecule has 0 spiro atoms. The van der Waals surface area contributed by atoms with Crippen LogP contribution in [-0.4, -0.2) is 36.2 Å². The van der Waals surface area contributed by atoms with E-state index in [4.69, 9.17) is 0 Å². The summed E-state index contributed by atoms with van der Waals surface area (Å²) in [6, 6.07) is 0.324. The van der Waals surface area contributed by atoms with E-state index in [0.717, 1.165) is 18.5 Å². The van der Waals surface area contributed by atoms with Crippen LogP contribution >= 0.6 is 0 Å². The van der Waals surface area contributed by atoms with Crippen LogP contribution in [0.15, 0.2) is 12.4 Å². The summed E-state index contributed by atoms with van der Waals surface area (Å²) in [5.41, 5.74) is 1.14. The normalized spacial score (nSPS) is 24.2. The molecule has 1 aromatic rings. The van der Waals surface area contributed by atoms with Gasteiger partial charge >= 0.3 is 0 Å². The molecule has 1 aromatic heterocycles. The second kappa shape index (κ2) is 5.40. The van der Waals surface area contributed by atoms with Crippen LogP contribution in [0.5, 0.6) is 0 Å². The van der Waals surface area contributed by atoms with E-state index >= 15 is 0 Å². The molecule has 5 nitrogen and oxygen atoms in total. The van der Waals surface area contributed by atoms with Gasteiger partial charge in [0, 0.05) is 17.8 Å². The molecule has 2 heterocycles. The van der Waals surface area contributed by atoms with E-state index in [2.05, 4.69) is 24.3 Å². The van der Waals surface area contributed by atoms with Crippen LogP contribution < -0.4 is 5.32 Å². The molecule has 0 aromatic carbocycles. The quantitative estimate of drug-likeness (QED) is 0.877. The zero-order chi connectivity index (χ0) is 13.2. The van der Waals surface area contributed by atoms with Gasteiger partial charge < -0.3 is 5.32 Å². The van der Waals surface area contributed by atoms with Gasteiger partial charge in [0.1, 0.15) is 0 Å². The summed E-state index contributed by atoms with van der Waals surface area (Å²) in [6.45, 7) is 5.13. The van der Waals surface area contributed by atoms with E-state index in [1.54, 1.807) is 0 Å². The van der Waals surface area contributed by atoms with Crippen LogP contribution in [-0.2, 0) is 9.84 Å². The molecule has 1 N–H and O–H groups in total. The van der Waals surface area contributed by atoms with Crippen LogP contribution in [0.25, 0.3) is 0 Å². The zero-order valence-corrected chi connectivity index (χ0v) is 11.8. The lowest BCUT2D eigenvalue weighted by Gasteiger charge is -2.13. The van der Waals surface area contributed by atoms with Crippen molar-refractivity contribution in [1.29, 1.82) is 0 Å². The molecular formula is C12H21N3O2S. The molecule has 0 aliphatic carbocycles. The Morgan fingerprint density at radius 2 is 2.33 bits per heavy atom. The van der Waals surface area contributed by atoms with E-state index < -0.39 is 9.84 Å². The Morgan fingerprint density at radius 1 is 1.56 bits per heavy atom. The van der Waals surface area contributed by atoms with Gasteiger partial charge in [0.15, 0.2) is 9.84 Å². The van der Waals surface area contributed by atoms with Crippen molar-refractivity contribution in [2.24, 2.45) is 0 Å². The van der Waals surface area contributed by atoms with Crippen LogP contribution in [0, 0.1) is 0 Å². The molecular weight excluding hydrogens is 250 g/mol. The van der Waals surface area contributed by atoms with Crippen LogP contribution in [0.1, 0.15) is 44.3 Å². The van der Waals surface area contributed by atoms with E-state index in [1.807, 2.05) is 17.1 Å². The highest BCUT2D eigenvalue weighted by atomic mass is 32.2. The molecule has 0 saturated carbocycles. The lowest BCUT2D eigenvalue weighted by molar-refractivity contribution is 0.495. The number of sulfone groups is 1. The Hall–Kier alpha value is -0.880. The molecule has 18 heavy (non-hydrogen) atoms. The smallest absolute Gasteiger partial charge is 0.152 e. The third-order valence-corrected chi connectivity index (χ3v) is 5.22. The summed E-state index contributed by atoms with van der Waals surface area (Å²) >= 11 is 0. The maximum atomic E-state index is 11.5.